The summed E-state index contributed by atoms with van der Waals surface area (Å²) in [6.45, 7) is 3.90. The molecule has 1 unspecified atom stereocenters. The largest absolute Gasteiger partial charge is 0.313 e. The number of pyridine rings is 1. The summed E-state index contributed by atoms with van der Waals surface area (Å²) < 4.78 is 0. The third-order valence-electron chi connectivity index (χ3n) is 2.99. The third kappa shape index (κ3) is 3.69. The summed E-state index contributed by atoms with van der Waals surface area (Å²) in [6, 6.07) is 10.4. The van der Waals surface area contributed by atoms with E-state index in [1.165, 1.54) is 10.9 Å². The molecule has 96 valence electrons. The van der Waals surface area contributed by atoms with Crippen molar-refractivity contribution in [3.05, 3.63) is 42.1 Å². The van der Waals surface area contributed by atoms with Gasteiger partial charge in [0.2, 0.25) is 0 Å². The van der Waals surface area contributed by atoms with Crippen LogP contribution in [0.4, 0.5) is 0 Å². The van der Waals surface area contributed by atoms with Crippen molar-refractivity contribution in [3.8, 4) is 0 Å². The molecule has 1 aromatic carbocycles. The van der Waals surface area contributed by atoms with Gasteiger partial charge >= 0.3 is 0 Å². The van der Waals surface area contributed by atoms with Gasteiger partial charge in [-0.15, -0.1) is 11.6 Å². The molecule has 1 N–H and O–H groups in total. The van der Waals surface area contributed by atoms with E-state index in [1.54, 1.807) is 0 Å². The Bertz CT molecular complexity index is 491. The van der Waals surface area contributed by atoms with Crippen molar-refractivity contribution in [2.24, 2.45) is 0 Å². The molecule has 3 heteroatoms. The highest BCUT2D eigenvalue weighted by Gasteiger charge is 2.01. The number of halogens is 1. The normalized spacial score (nSPS) is 12.8. The van der Waals surface area contributed by atoms with E-state index >= 15 is 0 Å². The van der Waals surface area contributed by atoms with Gasteiger partial charge < -0.3 is 5.32 Å². The Hall–Kier alpha value is -1.12. The maximum Gasteiger partial charge on any atom is 0.0746 e. The predicted octanol–water partition coefficient (Wildman–Crippen LogP) is 3.73. The van der Waals surface area contributed by atoms with Crippen LogP contribution in [0.15, 0.2) is 36.5 Å². The maximum atomic E-state index is 5.91. The molecule has 1 atom stereocenters. The lowest BCUT2D eigenvalue weighted by Gasteiger charge is -2.08. The molecule has 0 saturated carbocycles. The number of hydrogen-bond donors (Lipinski definition) is 1. The van der Waals surface area contributed by atoms with Crippen LogP contribution >= 0.6 is 11.6 Å². The zero-order chi connectivity index (χ0) is 12.8. The molecule has 0 amide bonds. The van der Waals surface area contributed by atoms with Crippen LogP contribution in [0.1, 0.15) is 25.3 Å². The van der Waals surface area contributed by atoms with Gasteiger partial charge in [-0.1, -0.05) is 24.3 Å². The Morgan fingerprint density at radius 1 is 1.28 bits per heavy atom. The van der Waals surface area contributed by atoms with Gasteiger partial charge in [-0.3, -0.25) is 4.98 Å². The maximum absolute atomic E-state index is 5.91. The molecule has 18 heavy (non-hydrogen) atoms. The average Bonchev–Trinajstić information content (AvgIpc) is 2.38. The van der Waals surface area contributed by atoms with Crippen LogP contribution in [0.25, 0.3) is 10.9 Å². The van der Waals surface area contributed by atoms with Gasteiger partial charge in [-0.2, -0.15) is 0 Å². The van der Waals surface area contributed by atoms with Crippen LogP contribution in [0.5, 0.6) is 0 Å². The van der Waals surface area contributed by atoms with Crippen LogP contribution in [-0.2, 0) is 6.54 Å². The number of hydrogen-bond acceptors (Lipinski definition) is 2. The molecule has 1 heterocycles. The lowest BCUT2D eigenvalue weighted by atomic mass is 10.1. The number of benzene rings is 1. The minimum Gasteiger partial charge on any atom is -0.313 e. The molecule has 0 aliphatic rings. The lowest BCUT2D eigenvalue weighted by Crippen LogP contribution is -2.15. The number of rotatable bonds is 6. The standard InChI is InChI=1S/C15H19ClN2/c1-12(16)5-3-9-17-11-14-7-2-6-13-8-4-10-18-15(13)14/h2,4,6-8,10,12,17H,3,5,9,11H2,1H3. The molecule has 0 spiro atoms. The van der Waals surface area contributed by atoms with E-state index in [2.05, 4.69) is 34.6 Å². The smallest absolute Gasteiger partial charge is 0.0746 e. The Morgan fingerprint density at radius 3 is 2.94 bits per heavy atom. The first-order valence-electron chi connectivity index (χ1n) is 6.45. The van der Waals surface area contributed by atoms with Crippen molar-refractivity contribution in [2.75, 3.05) is 6.54 Å². The summed E-state index contributed by atoms with van der Waals surface area (Å²) in [7, 11) is 0. The highest BCUT2D eigenvalue weighted by Crippen LogP contribution is 2.15. The molecule has 0 radical (unpaired) electrons. The topological polar surface area (TPSA) is 24.9 Å². The van der Waals surface area contributed by atoms with Crippen molar-refractivity contribution in [1.82, 2.24) is 10.3 Å². The van der Waals surface area contributed by atoms with E-state index < -0.39 is 0 Å². The van der Waals surface area contributed by atoms with Crippen LogP contribution in [0, 0.1) is 0 Å². The van der Waals surface area contributed by atoms with Crippen LogP contribution in [0.3, 0.4) is 0 Å². The predicted molar refractivity (Wildman–Crippen MR) is 78.0 cm³/mol. The first-order chi connectivity index (χ1) is 8.77. The summed E-state index contributed by atoms with van der Waals surface area (Å²) in [5.41, 5.74) is 2.35. The summed E-state index contributed by atoms with van der Waals surface area (Å²) in [4.78, 5) is 4.45. The zero-order valence-electron chi connectivity index (χ0n) is 10.7. The monoisotopic (exact) mass is 262 g/mol. The zero-order valence-corrected chi connectivity index (χ0v) is 11.5. The van der Waals surface area contributed by atoms with Gasteiger partial charge in [0.15, 0.2) is 0 Å². The third-order valence-corrected chi connectivity index (χ3v) is 3.21. The van der Waals surface area contributed by atoms with Gasteiger partial charge in [0.05, 0.1) is 5.52 Å². The highest BCUT2D eigenvalue weighted by molar-refractivity contribution is 6.20. The van der Waals surface area contributed by atoms with E-state index in [0.29, 0.717) is 0 Å². The van der Waals surface area contributed by atoms with Gasteiger partial charge in [0.1, 0.15) is 0 Å². The minimum atomic E-state index is 0.269. The fraction of sp³-hybridized carbons (Fsp3) is 0.400. The summed E-state index contributed by atoms with van der Waals surface area (Å²) >= 11 is 5.91. The first-order valence-corrected chi connectivity index (χ1v) is 6.88. The molecule has 2 nitrogen and oxygen atoms in total. The second kappa shape index (κ2) is 6.72. The highest BCUT2D eigenvalue weighted by atomic mass is 35.5. The summed E-state index contributed by atoms with van der Waals surface area (Å²) in [6.07, 6.45) is 4.02. The molecule has 0 fully saturated rings. The van der Waals surface area contributed by atoms with Crippen LogP contribution in [0.2, 0.25) is 0 Å². The number of nitrogens with zero attached hydrogens (tertiary/aromatic N) is 1. The number of aromatic nitrogens is 1. The lowest BCUT2D eigenvalue weighted by molar-refractivity contribution is 0.620. The number of alkyl halides is 1. The van der Waals surface area contributed by atoms with E-state index in [-0.39, 0.29) is 5.38 Å². The number of para-hydroxylation sites is 1. The van der Waals surface area contributed by atoms with Crippen molar-refractivity contribution in [1.29, 1.82) is 0 Å². The first kappa shape index (κ1) is 13.3. The fourth-order valence-electron chi connectivity index (χ4n) is 2.04. The molecular formula is C15H19ClN2. The van der Waals surface area contributed by atoms with Gasteiger partial charge in [-0.25, -0.2) is 0 Å². The second-order valence-electron chi connectivity index (χ2n) is 4.59. The number of nitrogens with one attached hydrogen (secondary N) is 1. The van der Waals surface area contributed by atoms with E-state index in [1.807, 2.05) is 19.2 Å². The van der Waals surface area contributed by atoms with Crippen molar-refractivity contribution in [3.63, 3.8) is 0 Å². The minimum absolute atomic E-state index is 0.269. The average molecular weight is 263 g/mol. The molecule has 1 aromatic heterocycles. The second-order valence-corrected chi connectivity index (χ2v) is 5.34. The molecule has 2 aromatic rings. The van der Waals surface area contributed by atoms with Crippen LogP contribution < -0.4 is 5.32 Å². The Kier molecular flexibility index (Phi) is 4.97. The molecule has 2 rings (SSSR count). The number of fused-ring (bicyclic) bond motifs is 1. The fourth-order valence-corrected chi connectivity index (χ4v) is 2.20. The molecular weight excluding hydrogens is 244 g/mol. The molecule has 0 aliphatic carbocycles. The van der Waals surface area contributed by atoms with Crippen LogP contribution in [-0.4, -0.2) is 16.9 Å². The Morgan fingerprint density at radius 2 is 2.11 bits per heavy atom. The van der Waals surface area contributed by atoms with Crippen molar-refractivity contribution < 1.29 is 0 Å². The van der Waals surface area contributed by atoms with E-state index in [0.717, 1.165) is 31.4 Å². The molecule has 0 aliphatic heterocycles. The van der Waals surface area contributed by atoms with Gasteiger partial charge in [0.25, 0.3) is 0 Å². The molecule has 0 bridgehead atoms. The Labute approximate surface area is 113 Å². The van der Waals surface area contributed by atoms with Gasteiger partial charge in [0, 0.05) is 23.5 Å². The SMILES string of the molecule is CC(Cl)CCCNCc1cccc2cccnc12. The summed E-state index contributed by atoms with van der Waals surface area (Å²) in [5, 5.41) is 4.92. The van der Waals surface area contributed by atoms with E-state index in [4.69, 9.17) is 11.6 Å². The Balaban J connectivity index is 1.91. The quantitative estimate of drug-likeness (QED) is 0.634. The van der Waals surface area contributed by atoms with Gasteiger partial charge in [-0.05, 0) is 37.9 Å². The van der Waals surface area contributed by atoms with Crippen molar-refractivity contribution in [2.45, 2.75) is 31.7 Å². The van der Waals surface area contributed by atoms with Crippen molar-refractivity contribution >= 4 is 22.5 Å². The van der Waals surface area contributed by atoms with E-state index in [9.17, 15) is 0 Å². The summed E-state index contributed by atoms with van der Waals surface area (Å²) in [5.74, 6) is 0. The molecule has 0 saturated heterocycles.